The van der Waals surface area contributed by atoms with Crippen LogP contribution >= 0.6 is 0 Å². The van der Waals surface area contributed by atoms with E-state index in [1.54, 1.807) is 6.07 Å². The molecular weight excluding hydrogens is 315 g/mol. The highest BCUT2D eigenvalue weighted by atomic mass is 19.1. The van der Waals surface area contributed by atoms with E-state index in [2.05, 4.69) is 35.9 Å². The molecule has 1 aliphatic heterocycles. The molecule has 0 radical (unpaired) electrons. The lowest BCUT2D eigenvalue weighted by Gasteiger charge is -2.34. The van der Waals surface area contributed by atoms with E-state index in [0.29, 0.717) is 11.5 Å². The van der Waals surface area contributed by atoms with Crippen molar-refractivity contribution in [3.05, 3.63) is 53.8 Å². The first-order chi connectivity index (χ1) is 12.1. The maximum atomic E-state index is 13.4. The first-order valence-electron chi connectivity index (χ1n) is 8.94. The van der Waals surface area contributed by atoms with E-state index < -0.39 is 0 Å². The standard InChI is InChI=1S/C21H23FN2O/c1-14-8-15(2)12-24(11-14)13-16-6-7-20-19(9-16)23-21(25-20)17-4-3-5-18(22)10-17/h3-7,9-10,14-15H,8,11-13H2,1-2H3/t14-,15-/m1/s1. The van der Waals surface area contributed by atoms with Gasteiger partial charge in [-0.05, 0) is 54.2 Å². The smallest absolute Gasteiger partial charge is 0.227 e. The number of fused-ring (bicyclic) bond motifs is 1. The topological polar surface area (TPSA) is 29.3 Å². The molecule has 0 N–H and O–H groups in total. The summed E-state index contributed by atoms with van der Waals surface area (Å²) in [5.41, 5.74) is 3.47. The molecule has 1 aliphatic rings. The lowest BCUT2D eigenvalue weighted by atomic mass is 9.91. The zero-order valence-corrected chi connectivity index (χ0v) is 14.7. The molecule has 0 bridgehead atoms. The van der Waals surface area contributed by atoms with Crippen molar-refractivity contribution < 1.29 is 8.81 Å². The minimum atomic E-state index is -0.284. The monoisotopic (exact) mass is 338 g/mol. The Morgan fingerprint density at radius 2 is 1.92 bits per heavy atom. The third-order valence-electron chi connectivity index (χ3n) is 4.87. The Bertz CT molecular complexity index is 878. The van der Waals surface area contributed by atoms with Gasteiger partial charge < -0.3 is 4.42 Å². The molecule has 4 rings (SSSR count). The number of piperidine rings is 1. The summed E-state index contributed by atoms with van der Waals surface area (Å²) in [6.07, 6.45) is 1.32. The third kappa shape index (κ3) is 3.59. The van der Waals surface area contributed by atoms with E-state index in [-0.39, 0.29) is 5.82 Å². The second-order valence-corrected chi connectivity index (χ2v) is 7.47. The summed E-state index contributed by atoms with van der Waals surface area (Å²) < 4.78 is 19.2. The van der Waals surface area contributed by atoms with Crippen LogP contribution < -0.4 is 0 Å². The molecule has 4 heteroatoms. The van der Waals surface area contributed by atoms with Crippen molar-refractivity contribution in [1.29, 1.82) is 0 Å². The van der Waals surface area contributed by atoms with Gasteiger partial charge in [0.05, 0.1) is 0 Å². The fraction of sp³-hybridized carbons (Fsp3) is 0.381. The predicted molar refractivity (Wildman–Crippen MR) is 97.6 cm³/mol. The van der Waals surface area contributed by atoms with Gasteiger partial charge in [0.2, 0.25) is 5.89 Å². The van der Waals surface area contributed by atoms with Crippen LogP contribution in [0.2, 0.25) is 0 Å². The molecule has 2 heterocycles. The van der Waals surface area contributed by atoms with Crippen LogP contribution in [-0.2, 0) is 6.54 Å². The van der Waals surface area contributed by atoms with Crippen molar-refractivity contribution in [3.8, 4) is 11.5 Å². The van der Waals surface area contributed by atoms with Crippen LogP contribution in [0.15, 0.2) is 46.9 Å². The molecule has 2 atom stereocenters. The van der Waals surface area contributed by atoms with Gasteiger partial charge in [-0.15, -0.1) is 0 Å². The number of benzene rings is 2. The van der Waals surface area contributed by atoms with Crippen molar-refractivity contribution in [2.75, 3.05) is 13.1 Å². The lowest BCUT2D eigenvalue weighted by molar-refractivity contribution is 0.134. The third-order valence-corrected chi connectivity index (χ3v) is 4.87. The Morgan fingerprint density at radius 3 is 2.68 bits per heavy atom. The Morgan fingerprint density at radius 1 is 1.12 bits per heavy atom. The number of rotatable bonds is 3. The van der Waals surface area contributed by atoms with Gasteiger partial charge in [-0.1, -0.05) is 26.0 Å². The molecular formula is C21H23FN2O. The molecule has 3 nitrogen and oxygen atoms in total. The van der Waals surface area contributed by atoms with Crippen molar-refractivity contribution in [2.45, 2.75) is 26.8 Å². The Balaban J connectivity index is 1.58. The average Bonchev–Trinajstić information content (AvgIpc) is 2.97. The summed E-state index contributed by atoms with van der Waals surface area (Å²) in [6, 6.07) is 12.5. The van der Waals surface area contributed by atoms with Crippen molar-refractivity contribution in [1.82, 2.24) is 9.88 Å². The normalized spacial score (nSPS) is 21.7. The van der Waals surface area contributed by atoms with Crippen LogP contribution in [0.4, 0.5) is 4.39 Å². The number of likely N-dealkylation sites (tertiary alicyclic amines) is 1. The minimum absolute atomic E-state index is 0.284. The first-order valence-corrected chi connectivity index (χ1v) is 8.94. The predicted octanol–water partition coefficient (Wildman–Crippen LogP) is 5.11. The number of hydrogen-bond donors (Lipinski definition) is 0. The number of hydrogen-bond acceptors (Lipinski definition) is 3. The fourth-order valence-corrected chi connectivity index (χ4v) is 4.00. The van der Waals surface area contributed by atoms with Crippen LogP contribution in [0.1, 0.15) is 25.8 Å². The number of aromatic nitrogens is 1. The lowest BCUT2D eigenvalue weighted by Crippen LogP contribution is -2.38. The molecule has 0 amide bonds. The number of nitrogens with zero attached hydrogens (tertiary/aromatic N) is 2. The highest BCUT2D eigenvalue weighted by Crippen LogP contribution is 2.27. The molecule has 0 saturated carbocycles. The van der Waals surface area contributed by atoms with E-state index in [9.17, 15) is 4.39 Å². The molecule has 25 heavy (non-hydrogen) atoms. The van der Waals surface area contributed by atoms with Gasteiger partial charge in [-0.3, -0.25) is 4.90 Å². The largest absolute Gasteiger partial charge is 0.436 e. The molecule has 0 unspecified atom stereocenters. The zero-order chi connectivity index (χ0) is 17.4. The summed E-state index contributed by atoms with van der Waals surface area (Å²) in [6.45, 7) is 7.89. The highest BCUT2D eigenvalue weighted by molar-refractivity contribution is 5.76. The first kappa shape index (κ1) is 16.3. The van der Waals surface area contributed by atoms with Gasteiger partial charge in [0, 0.05) is 25.2 Å². The van der Waals surface area contributed by atoms with Crippen LogP contribution in [0.25, 0.3) is 22.6 Å². The molecule has 0 spiro atoms. The van der Waals surface area contributed by atoms with Crippen molar-refractivity contribution >= 4 is 11.1 Å². The average molecular weight is 338 g/mol. The Labute approximate surface area is 147 Å². The van der Waals surface area contributed by atoms with Gasteiger partial charge in [0.1, 0.15) is 11.3 Å². The summed E-state index contributed by atoms with van der Waals surface area (Å²) in [4.78, 5) is 7.08. The maximum Gasteiger partial charge on any atom is 0.227 e. The van der Waals surface area contributed by atoms with E-state index in [0.717, 1.165) is 42.6 Å². The van der Waals surface area contributed by atoms with Crippen LogP contribution in [0.3, 0.4) is 0 Å². The summed E-state index contributed by atoms with van der Waals surface area (Å²) in [5, 5.41) is 0. The van der Waals surface area contributed by atoms with Crippen LogP contribution in [0.5, 0.6) is 0 Å². The summed E-state index contributed by atoms with van der Waals surface area (Å²) >= 11 is 0. The van der Waals surface area contributed by atoms with Crippen molar-refractivity contribution in [2.24, 2.45) is 11.8 Å². The quantitative estimate of drug-likeness (QED) is 0.664. The van der Waals surface area contributed by atoms with E-state index in [1.807, 2.05) is 12.1 Å². The van der Waals surface area contributed by atoms with Gasteiger partial charge in [-0.25, -0.2) is 9.37 Å². The SMILES string of the molecule is C[C@@H]1C[C@@H](C)CN(Cc2ccc3oc(-c4cccc(F)c4)nc3c2)C1. The molecule has 3 aromatic rings. The number of halogens is 1. The summed E-state index contributed by atoms with van der Waals surface area (Å²) in [5.74, 6) is 1.68. The Hall–Kier alpha value is -2.20. The van der Waals surface area contributed by atoms with Crippen LogP contribution in [0, 0.1) is 17.7 Å². The minimum Gasteiger partial charge on any atom is -0.436 e. The number of oxazole rings is 1. The molecule has 1 aromatic heterocycles. The van der Waals surface area contributed by atoms with E-state index in [1.165, 1.54) is 24.1 Å². The molecule has 130 valence electrons. The maximum absolute atomic E-state index is 13.4. The zero-order valence-electron chi connectivity index (χ0n) is 14.7. The second-order valence-electron chi connectivity index (χ2n) is 7.47. The van der Waals surface area contributed by atoms with Crippen molar-refractivity contribution in [3.63, 3.8) is 0 Å². The fourth-order valence-electron chi connectivity index (χ4n) is 4.00. The highest BCUT2D eigenvalue weighted by Gasteiger charge is 2.22. The molecule has 1 saturated heterocycles. The molecule has 2 aromatic carbocycles. The molecule has 0 aliphatic carbocycles. The van der Waals surface area contributed by atoms with Crippen LogP contribution in [-0.4, -0.2) is 23.0 Å². The van der Waals surface area contributed by atoms with E-state index >= 15 is 0 Å². The second kappa shape index (κ2) is 6.60. The van der Waals surface area contributed by atoms with Gasteiger partial charge in [0.25, 0.3) is 0 Å². The van der Waals surface area contributed by atoms with Gasteiger partial charge >= 0.3 is 0 Å². The molecule has 1 fully saturated rings. The van der Waals surface area contributed by atoms with Gasteiger partial charge in [-0.2, -0.15) is 0 Å². The van der Waals surface area contributed by atoms with E-state index in [4.69, 9.17) is 4.42 Å². The van der Waals surface area contributed by atoms with Gasteiger partial charge in [0.15, 0.2) is 5.58 Å². The Kier molecular flexibility index (Phi) is 4.30. The summed E-state index contributed by atoms with van der Waals surface area (Å²) in [7, 11) is 0.